The lowest BCUT2D eigenvalue weighted by atomic mass is 10.2. The molecule has 2 heterocycles. The molecular weight excluding hydrogens is 408 g/mol. The lowest BCUT2D eigenvalue weighted by molar-refractivity contribution is -0.129. The van der Waals surface area contributed by atoms with E-state index in [1.807, 2.05) is 71.1 Å². The van der Waals surface area contributed by atoms with E-state index < -0.39 is 0 Å². The second kappa shape index (κ2) is 10.5. The maximum absolute atomic E-state index is 12.8. The van der Waals surface area contributed by atoms with Gasteiger partial charge in [0, 0.05) is 15.4 Å². The van der Waals surface area contributed by atoms with Crippen LogP contribution in [-0.4, -0.2) is 28.2 Å². The lowest BCUT2D eigenvalue weighted by Crippen LogP contribution is -2.31. The van der Waals surface area contributed by atoms with Gasteiger partial charge in [-0.25, -0.2) is 0 Å². The van der Waals surface area contributed by atoms with E-state index in [1.54, 1.807) is 22.7 Å². The molecule has 0 aliphatic carbocycles. The predicted octanol–water partition coefficient (Wildman–Crippen LogP) is 5.02. The van der Waals surface area contributed by atoms with Gasteiger partial charge < -0.3 is 10.2 Å². The second-order valence-corrected chi connectivity index (χ2v) is 9.37. The highest BCUT2D eigenvalue weighted by molar-refractivity contribution is 8.00. The Morgan fingerprint density at radius 1 is 0.964 bits per heavy atom. The highest BCUT2D eigenvalue weighted by Crippen LogP contribution is 2.18. The fraction of sp³-hybridized carbons (Fsp3) is 0.238. The van der Waals surface area contributed by atoms with Crippen LogP contribution in [-0.2, 0) is 22.7 Å². The number of anilines is 1. The van der Waals surface area contributed by atoms with Gasteiger partial charge in [-0.1, -0.05) is 24.3 Å². The van der Waals surface area contributed by atoms with Crippen LogP contribution in [0.4, 0.5) is 5.69 Å². The van der Waals surface area contributed by atoms with Crippen molar-refractivity contribution >= 4 is 51.9 Å². The summed E-state index contributed by atoms with van der Waals surface area (Å²) in [5.41, 5.74) is 1.88. The molecular formula is C21H22N2O2S3. The van der Waals surface area contributed by atoms with Crippen LogP contribution in [0.3, 0.4) is 0 Å². The van der Waals surface area contributed by atoms with Crippen LogP contribution in [0.2, 0.25) is 0 Å². The monoisotopic (exact) mass is 430 g/mol. The lowest BCUT2D eigenvalue weighted by Gasteiger charge is -2.21. The number of amides is 2. The van der Waals surface area contributed by atoms with Crippen molar-refractivity contribution in [3.63, 3.8) is 0 Å². The molecule has 0 bridgehead atoms. The van der Waals surface area contributed by atoms with Gasteiger partial charge in [0.2, 0.25) is 11.8 Å². The van der Waals surface area contributed by atoms with Gasteiger partial charge in [0.05, 0.1) is 24.6 Å². The van der Waals surface area contributed by atoms with Crippen molar-refractivity contribution in [3.8, 4) is 0 Å². The molecule has 4 nitrogen and oxygen atoms in total. The average molecular weight is 431 g/mol. The van der Waals surface area contributed by atoms with Crippen molar-refractivity contribution in [2.24, 2.45) is 0 Å². The van der Waals surface area contributed by atoms with Crippen molar-refractivity contribution < 1.29 is 9.59 Å². The molecule has 0 radical (unpaired) electrons. The normalized spacial score (nSPS) is 10.6. The zero-order chi connectivity index (χ0) is 19.8. The Morgan fingerprint density at radius 3 is 2.21 bits per heavy atom. The van der Waals surface area contributed by atoms with Crippen LogP contribution in [0.1, 0.15) is 15.3 Å². The van der Waals surface area contributed by atoms with Gasteiger partial charge in [0.15, 0.2) is 0 Å². The maximum atomic E-state index is 12.8. The topological polar surface area (TPSA) is 49.4 Å². The van der Waals surface area contributed by atoms with E-state index in [1.165, 1.54) is 11.8 Å². The van der Waals surface area contributed by atoms with E-state index in [-0.39, 0.29) is 23.3 Å². The van der Waals surface area contributed by atoms with Gasteiger partial charge in [0.25, 0.3) is 0 Å². The third-order valence-electron chi connectivity index (χ3n) is 3.97. The summed E-state index contributed by atoms with van der Waals surface area (Å²) in [4.78, 5) is 29.1. The molecule has 1 N–H and O–H groups in total. The van der Waals surface area contributed by atoms with E-state index in [0.29, 0.717) is 13.1 Å². The van der Waals surface area contributed by atoms with E-state index in [4.69, 9.17) is 0 Å². The third-order valence-corrected chi connectivity index (χ3v) is 6.61. The molecule has 3 aromatic rings. The second-order valence-electron chi connectivity index (χ2n) is 6.32. The molecule has 2 aromatic heterocycles. The van der Waals surface area contributed by atoms with Crippen molar-refractivity contribution in [2.75, 3.05) is 16.8 Å². The summed E-state index contributed by atoms with van der Waals surface area (Å²) in [5.74, 6) is 0.505. The highest BCUT2D eigenvalue weighted by atomic mass is 32.2. The van der Waals surface area contributed by atoms with Crippen molar-refractivity contribution in [1.82, 2.24) is 4.90 Å². The molecule has 0 aliphatic heterocycles. The minimum Gasteiger partial charge on any atom is -0.332 e. The Hall–Kier alpha value is -2.09. The summed E-state index contributed by atoms with van der Waals surface area (Å²) in [6.45, 7) is 3.19. The highest BCUT2D eigenvalue weighted by Gasteiger charge is 2.16. The predicted molar refractivity (Wildman–Crippen MR) is 120 cm³/mol. The van der Waals surface area contributed by atoms with E-state index in [9.17, 15) is 9.59 Å². The molecule has 0 spiro atoms. The van der Waals surface area contributed by atoms with Crippen LogP contribution in [0.25, 0.3) is 0 Å². The SMILES string of the molecule is Cc1cccc(NC(=O)CSCC(=O)N(Cc2cccs2)Cc2cccs2)c1. The van der Waals surface area contributed by atoms with Crippen LogP contribution in [0, 0.1) is 6.92 Å². The minimum absolute atomic E-state index is 0.0511. The van der Waals surface area contributed by atoms with Crippen LogP contribution >= 0.6 is 34.4 Å². The molecule has 146 valence electrons. The molecule has 0 aliphatic rings. The number of rotatable bonds is 9. The molecule has 1 aromatic carbocycles. The van der Waals surface area contributed by atoms with Crippen molar-refractivity contribution in [1.29, 1.82) is 0 Å². The number of hydrogen-bond acceptors (Lipinski definition) is 5. The van der Waals surface area contributed by atoms with Gasteiger partial charge >= 0.3 is 0 Å². The molecule has 2 amide bonds. The minimum atomic E-state index is -0.0912. The summed E-state index contributed by atoms with van der Waals surface area (Å²) in [6, 6.07) is 15.8. The zero-order valence-corrected chi connectivity index (χ0v) is 18.0. The third kappa shape index (κ3) is 6.51. The first kappa shape index (κ1) is 20.6. The molecule has 0 saturated carbocycles. The summed E-state index contributed by atoms with van der Waals surface area (Å²) in [5, 5.41) is 6.92. The zero-order valence-electron chi connectivity index (χ0n) is 15.6. The van der Waals surface area contributed by atoms with Crippen LogP contribution < -0.4 is 5.32 Å². The first-order chi connectivity index (χ1) is 13.6. The Balaban J connectivity index is 1.50. The van der Waals surface area contributed by atoms with E-state index in [2.05, 4.69) is 5.32 Å². The van der Waals surface area contributed by atoms with Gasteiger partial charge in [-0.05, 0) is 47.5 Å². The van der Waals surface area contributed by atoms with E-state index >= 15 is 0 Å². The standard InChI is InChI=1S/C21H22N2O2S3/c1-16-5-2-6-17(11-16)22-20(24)14-26-15-21(25)23(12-18-7-3-9-27-18)13-19-8-4-10-28-19/h2-11H,12-15H2,1H3,(H,22,24). The fourth-order valence-electron chi connectivity index (χ4n) is 2.66. The summed E-state index contributed by atoms with van der Waals surface area (Å²) >= 11 is 4.65. The number of benzene rings is 1. The Kier molecular flexibility index (Phi) is 7.71. The number of nitrogens with one attached hydrogen (secondary N) is 1. The van der Waals surface area contributed by atoms with Gasteiger partial charge in [-0.3, -0.25) is 9.59 Å². The molecule has 28 heavy (non-hydrogen) atoms. The molecule has 3 rings (SSSR count). The maximum Gasteiger partial charge on any atom is 0.234 e. The first-order valence-corrected chi connectivity index (χ1v) is 11.8. The summed E-state index contributed by atoms with van der Waals surface area (Å²) in [7, 11) is 0. The molecule has 7 heteroatoms. The first-order valence-electron chi connectivity index (χ1n) is 8.87. The molecule has 0 unspecified atom stereocenters. The molecule has 0 fully saturated rings. The number of thioether (sulfide) groups is 1. The number of carbonyl (C=O) groups excluding carboxylic acids is 2. The summed E-state index contributed by atoms with van der Waals surface area (Å²) < 4.78 is 0. The van der Waals surface area contributed by atoms with Crippen LogP contribution in [0.15, 0.2) is 59.3 Å². The summed E-state index contributed by atoms with van der Waals surface area (Å²) in [6.07, 6.45) is 0. The van der Waals surface area contributed by atoms with E-state index in [0.717, 1.165) is 21.0 Å². The smallest absolute Gasteiger partial charge is 0.234 e. The molecule has 0 saturated heterocycles. The Morgan fingerprint density at radius 2 is 1.64 bits per heavy atom. The van der Waals surface area contributed by atoms with Gasteiger partial charge in [0.1, 0.15) is 0 Å². The van der Waals surface area contributed by atoms with Gasteiger partial charge in [-0.2, -0.15) is 0 Å². The number of hydrogen-bond donors (Lipinski definition) is 1. The average Bonchev–Trinajstić information content (AvgIpc) is 3.35. The van der Waals surface area contributed by atoms with Crippen molar-refractivity contribution in [3.05, 3.63) is 74.6 Å². The Labute approximate surface area is 177 Å². The largest absolute Gasteiger partial charge is 0.332 e. The van der Waals surface area contributed by atoms with Gasteiger partial charge in [-0.15, -0.1) is 34.4 Å². The van der Waals surface area contributed by atoms with Crippen molar-refractivity contribution in [2.45, 2.75) is 20.0 Å². The Bertz CT molecular complexity index is 856. The van der Waals surface area contributed by atoms with Crippen LogP contribution in [0.5, 0.6) is 0 Å². The number of aryl methyl sites for hydroxylation is 1. The fourth-order valence-corrected chi connectivity index (χ4v) is 4.81. The number of thiophene rings is 2. The quantitative estimate of drug-likeness (QED) is 0.519. The number of carbonyl (C=O) groups is 2. The number of nitrogens with zero attached hydrogens (tertiary/aromatic N) is 1. The molecule has 0 atom stereocenters.